The first kappa shape index (κ1) is 15.7. The molecule has 0 saturated heterocycles. The molecule has 6 heteroatoms. The van der Waals surface area contributed by atoms with Crippen LogP contribution in [0.5, 0.6) is 5.75 Å². The van der Waals surface area contributed by atoms with Crippen LogP contribution in [-0.4, -0.2) is 28.1 Å². The number of rotatable bonds is 4. The molecule has 0 saturated carbocycles. The minimum Gasteiger partial charge on any atom is -0.495 e. The Bertz CT molecular complexity index is 797. The molecule has 4 nitrogen and oxygen atoms in total. The van der Waals surface area contributed by atoms with Crippen LogP contribution in [0.2, 0.25) is 0 Å². The lowest BCUT2D eigenvalue weighted by atomic mass is 10.0. The smallest absolute Gasteiger partial charge is 0.176 e. The molecule has 2 aromatic rings. The van der Waals surface area contributed by atoms with Crippen LogP contribution >= 0.6 is 15.9 Å². The highest BCUT2D eigenvalue weighted by molar-refractivity contribution is 9.10. The Hall–Kier alpha value is -1.66. The van der Waals surface area contributed by atoms with Gasteiger partial charge in [0, 0.05) is 22.9 Å². The van der Waals surface area contributed by atoms with E-state index in [2.05, 4.69) is 15.9 Å². The number of aldehydes is 1. The quantitative estimate of drug-likeness (QED) is 0.776. The average molecular weight is 369 g/mol. The molecule has 0 amide bonds. The molecule has 0 bridgehead atoms. The molecule has 21 heavy (non-hydrogen) atoms. The summed E-state index contributed by atoms with van der Waals surface area (Å²) in [5.74, 6) is 0.483. The van der Waals surface area contributed by atoms with E-state index in [0.717, 1.165) is 6.26 Å². The molecule has 110 valence electrons. The summed E-state index contributed by atoms with van der Waals surface area (Å²) in [5, 5.41) is 0. The second kappa shape index (κ2) is 5.99. The van der Waals surface area contributed by atoms with Gasteiger partial charge in [-0.05, 0) is 34.1 Å². The maximum Gasteiger partial charge on any atom is 0.176 e. The molecule has 0 aromatic heterocycles. The monoisotopic (exact) mass is 368 g/mol. The molecular weight excluding hydrogens is 356 g/mol. The van der Waals surface area contributed by atoms with Crippen LogP contribution < -0.4 is 4.74 Å². The van der Waals surface area contributed by atoms with Gasteiger partial charge in [-0.2, -0.15) is 0 Å². The van der Waals surface area contributed by atoms with E-state index in [1.807, 2.05) is 0 Å². The summed E-state index contributed by atoms with van der Waals surface area (Å²) in [7, 11) is -1.90. The molecule has 0 aliphatic carbocycles. The number of benzene rings is 2. The van der Waals surface area contributed by atoms with Gasteiger partial charge in [0.1, 0.15) is 12.0 Å². The molecule has 0 radical (unpaired) electrons. The molecule has 2 aromatic carbocycles. The molecule has 2 rings (SSSR count). The number of carbonyl (C=O) groups is 1. The van der Waals surface area contributed by atoms with Crippen molar-refractivity contribution in [3.63, 3.8) is 0 Å². The second-order valence-corrected chi connectivity index (χ2v) is 7.31. The fourth-order valence-electron chi connectivity index (χ4n) is 2.10. The molecule has 0 unspecified atom stereocenters. The average Bonchev–Trinajstić information content (AvgIpc) is 2.45. The number of sulfone groups is 1. The SMILES string of the molecule is COc1c(Br)cc(C=O)cc1-c1ccccc1S(C)(=O)=O. The third kappa shape index (κ3) is 3.16. The van der Waals surface area contributed by atoms with Crippen molar-refractivity contribution in [2.45, 2.75) is 4.90 Å². The molecular formula is C15H13BrO4S. The summed E-state index contributed by atoms with van der Waals surface area (Å²) in [6, 6.07) is 9.86. The van der Waals surface area contributed by atoms with E-state index in [-0.39, 0.29) is 4.90 Å². The van der Waals surface area contributed by atoms with Crippen LogP contribution in [0.15, 0.2) is 45.8 Å². The predicted octanol–water partition coefficient (Wildman–Crippen LogP) is 3.34. The molecule has 0 atom stereocenters. The van der Waals surface area contributed by atoms with E-state index < -0.39 is 9.84 Å². The van der Waals surface area contributed by atoms with Gasteiger partial charge >= 0.3 is 0 Å². The minimum atomic E-state index is -3.40. The van der Waals surface area contributed by atoms with Crippen molar-refractivity contribution < 1.29 is 17.9 Å². The van der Waals surface area contributed by atoms with Gasteiger partial charge in [-0.1, -0.05) is 18.2 Å². The van der Waals surface area contributed by atoms with E-state index in [4.69, 9.17) is 4.74 Å². The standard InChI is InChI=1S/C15H13BrO4S/c1-20-15-12(7-10(9-17)8-13(15)16)11-5-3-4-6-14(11)21(2,18)19/h3-9H,1-2H3. The van der Waals surface area contributed by atoms with Crippen molar-refractivity contribution >= 4 is 32.1 Å². The first-order valence-corrected chi connectivity index (χ1v) is 8.69. The second-order valence-electron chi connectivity index (χ2n) is 4.47. The third-order valence-electron chi connectivity index (χ3n) is 2.98. The zero-order valence-corrected chi connectivity index (χ0v) is 13.9. The van der Waals surface area contributed by atoms with Crippen LogP contribution in [0.25, 0.3) is 11.1 Å². The number of ether oxygens (including phenoxy) is 1. The Morgan fingerprint density at radius 3 is 2.38 bits per heavy atom. The number of halogens is 1. The summed E-state index contributed by atoms with van der Waals surface area (Å²) in [6.07, 6.45) is 1.85. The van der Waals surface area contributed by atoms with Crippen molar-refractivity contribution in [1.29, 1.82) is 0 Å². The Labute approximate surface area is 131 Å². The first-order valence-electron chi connectivity index (χ1n) is 6.00. The normalized spacial score (nSPS) is 11.2. The molecule has 0 aliphatic heterocycles. The highest BCUT2D eigenvalue weighted by Gasteiger charge is 2.19. The Morgan fingerprint density at radius 1 is 1.14 bits per heavy atom. The maximum absolute atomic E-state index is 11.9. The van der Waals surface area contributed by atoms with Crippen molar-refractivity contribution in [2.24, 2.45) is 0 Å². The number of hydrogen-bond donors (Lipinski definition) is 0. The number of methoxy groups -OCH3 is 1. The van der Waals surface area contributed by atoms with E-state index in [1.165, 1.54) is 13.2 Å². The van der Waals surface area contributed by atoms with Gasteiger partial charge in [0.05, 0.1) is 16.5 Å². The first-order chi connectivity index (χ1) is 9.88. The summed E-state index contributed by atoms with van der Waals surface area (Å²) < 4.78 is 29.8. The lowest BCUT2D eigenvalue weighted by molar-refractivity contribution is 0.112. The topological polar surface area (TPSA) is 60.4 Å². The number of carbonyl (C=O) groups excluding carboxylic acids is 1. The summed E-state index contributed by atoms with van der Waals surface area (Å²) >= 11 is 3.34. The Kier molecular flexibility index (Phi) is 4.49. The van der Waals surface area contributed by atoms with Crippen molar-refractivity contribution in [2.75, 3.05) is 13.4 Å². The van der Waals surface area contributed by atoms with Gasteiger partial charge in [-0.25, -0.2) is 8.42 Å². The highest BCUT2D eigenvalue weighted by Crippen LogP contribution is 2.39. The van der Waals surface area contributed by atoms with Gasteiger partial charge in [0.2, 0.25) is 0 Å². The Morgan fingerprint density at radius 2 is 1.81 bits per heavy atom. The van der Waals surface area contributed by atoms with E-state index in [1.54, 1.807) is 30.3 Å². The van der Waals surface area contributed by atoms with Crippen molar-refractivity contribution in [3.8, 4) is 16.9 Å². The van der Waals surface area contributed by atoms with Crippen molar-refractivity contribution in [1.82, 2.24) is 0 Å². The zero-order valence-electron chi connectivity index (χ0n) is 11.5. The van der Waals surface area contributed by atoms with Gasteiger partial charge in [0.15, 0.2) is 9.84 Å². The Balaban J connectivity index is 2.85. The minimum absolute atomic E-state index is 0.193. The molecule has 0 fully saturated rings. The fraction of sp³-hybridized carbons (Fsp3) is 0.133. The molecule has 0 spiro atoms. The molecule has 0 aliphatic rings. The van der Waals surface area contributed by atoms with Gasteiger partial charge < -0.3 is 4.74 Å². The third-order valence-corrected chi connectivity index (χ3v) is 4.73. The zero-order chi connectivity index (χ0) is 15.6. The van der Waals surface area contributed by atoms with Gasteiger partial charge in [0.25, 0.3) is 0 Å². The van der Waals surface area contributed by atoms with Crippen LogP contribution in [0.3, 0.4) is 0 Å². The van der Waals surface area contributed by atoms with Crippen LogP contribution in [0, 0.1) is 0 Å². The summed E-state index contributed by atoms with van der Waals surface area (Å²) in [6.45, 7) is 0. The molecule has 0 heterocycles. The predicted molar refractivity (Wildman–Crippen MR) is 84.6 cm³/mol. The molecule has 0 N–H and O–H groups in total. The fourth-order valence-corrected chi connectivity index (χ4v) is 3.65. The highest BCUT2D eigenvalue weighted by atomic mass is 79.9. The lowest BCUT2D eigenvalue weighted by Gasteiger charge is -2.14. The largest absolute Gasteiger partial charge is 0.495 e. The van der Waals surface area contributed by atoms with Crippen molar-refractivity contribution in [3.05, 3.63) is 46.4 Å². The van der Waals surface area contributed by atoms with Crippen LogP contribution in [0.1, 0.15) is 10.4 Å². The van der Waals surface area contributed by atoms with E-state index in [0.29, 0.717) is 33.2 Å². The summed E-state index contributed by atoms with van der Waals surface area (Å²) in [4.78, 5) is 11.2. The number of hydrogen-bond acceptors (Lipinski definition) is 4. The summed E-state index contributed by atoms with van der Waals surface area (Å²) in [5.41, 5.74) is 1.48. The van der Waals surface area contributed by atoms with E-state index in [9.17, 15) is 13.2 Å². The lowest BCUT2D eigenvalue weighted by Crippen LogP contribution is -2.01. The van der Waals surface area contributed by atoms with E-state index >= 15 is 0 Å². The van der Waals surface area contributed by atoms with Gasteiger partial charge in [-0.3, -0.25) is 4.79 Å². The van der Waals surface area contributed by atoms with Crippen LogP contribution in [-0.2, 0) is 9.84 Å². The van der Waals surface area contributed by atoms with Crippen LogP contribution in [0.4, 0.5) is 0 Å². The van der Waals surface area contributed by atoms with Gasteiger partial charge in [-0.15, -0.1) is 0 Å². The maximum atomic E-state index is 11.9.